The van der Waals surface area contributed by atoms with Gasteiger partial charge in [0.15, 0.2) is 0 Å². The fourth-order valence-electron chi connectivity index (χ4n) is 3.83. The molecule has 3 unspecified atom stereocenters. The molecule has 0 aromatic heterocycles. The maximum Gasteiger partial charge on any atom is 0.0409 e. The predicted octanol–water partition coefficient (Wildman–Crippen LogP) is 3.36. The zero-order valence-corrected chi connectivity index (χ0v) is 11.6. The number of hydrogen-bond acceptors (Lipinski definition) is 2. The molecule has 2 saturated heterocycles. The van der Waals surface area contributed by atoms with Crippen molar-refractivity contribution in [2.45, 2.75) is 56.8 Å². The third kappa shape index (κ3) is 2.18. The summed E-state index contributed by atoms with van der Waals surface area (Å²) in [6, 6.07) is 10.5. The van der Waals surface area contributed by atoms with Crippen LogP contribution in [-0.2, 0) is 0 Å². The Labute approximate surface area is 114 Å². The number of fused-ring (bicyclic) bond motifs is 2. The molecular formula is C15H21ClN2. The summed E-state index contributed by atoms with van der Waals surface area (Å²) < 4.78 is 0. The van der Waals surface area contributed by atoms with Crippen LogP contribution in [0.1, 0.15) is 44.2 Å². The lowest BCUT2D eigenvalue weighted by molar-refractivity contribution is 0.0854. The van der Waals surface area contributed by atoms with Gasteiger partial charge in [0, 0.05) is 29.2 Å². The minimum absolute atomic E-state index is 0.408. The van der Waals surface area contributed by atoms with Crippen molar-refractivity contribution in [1.29, 1.82) is 0 Å². The molecule has 1 aromatic rings. The van der Waals surface area contributed by atoms with Gasteiger partial charge in [-0.25, -0.2) is 0 Å². The van der Waals surface area contributed by atoms with E-state index in [1.54, 1.807) is 0 Å². The molecule has 1 aromatic carbocycles. The van der Waals surface area contributed by atoms with Gasteiger partial charge in [-0.1, -0.05) is 23.7 Å². The molecular weight excluding hydrogens is 244 g/mol. The Kier molecular flexibility index (Phi) is 3.35. The predicted molar refractivity (Wildman–Crippen MR) is 75.7 cm³/mol. The van der Waals surface area contributed by atoms with Gasteiger partial charge in [-0.2, -0.15) is 0 Å². The molecule has 0 spiro atoms. The number of nitrogens with zero attached hydrogens (tertiary/aromatic N) is 1. The topological polar surface area (TPSA) is 29.3 Å². The molecule has 18 heavy (non-hydrogen) atoms. The van der Waals surface area contributed by atoms with Gasteiger partial charge in [0.1, 0.15) is 0 Å². The third-order valence-corrected chi connectivity index (χ3v) is 4.84. The maximum atomic E-state index is 6.13. The lowest BCUT2D eigenvalue weighted by atomic mass is 9.94. The molecule has 2 heterocycles. The summed E-state index contributed by atoms with van der Waals surface area (Å²) >= 11 is 6.10. The largest absolute Gasteiger partial charge is 0.328 e. The first-order valence-corrected chi connectivity index (χ1v) is 7.31. The molecule has 3 atom stereocenters. The quantitative estimate of drug-likeness (QED) is 0.888. The number of nitrogens with two attached hydrogens (primary N) is 1. The fourth-order valence-corrected chi connectivity index (χ4v) is 4.03. The van der Waals surface area contributed by atoms with E-state index in [1.165, 1.54) is 18.4 Å². The zero-order valence-electron chi connectivity index (χ0n) is 10.8. The van der Waals surface area contributed by atoms with Crippen LogP contribution in [0.3, 0.4) is 0 Å². The van der Waals surface area contributed by atoms with Crippen molar-refractivity contribution < 1.29 is 0 Å². The van der Waals surface area contributed by atoms with Gasteiger partial charge in [-0.3, -0.25) is 4.90 Å². The number of piperidine rings is 1. The zero-order chi connectivity index (χ0) is 12.7. The van der Waals surface area contributed by atoms with Gasteiger partial charge in [0.25, 0.3) is 0 Å². The molecule has 2 aliphatic heterocycles. The van der Waals surface area contributed by atoms with Gasteiger partial charge in [-0.15, -0.1) is 0 Å². The first-order valence-electron chi connectivity index (χ1n) is 6.93. The van der Waals surface area contributed by atoms with E-state index < -0.39 is 0 Å². The lowest BCUT2D eigenvalue weighted by Crippen LogP contribution is -2.48. The highest BCUT2D eigenvalue weighted by Crippen LogP contribution is 2.41. The molecule has 3 heteroatoms. The highest BCUT2D eigenvalue weighted by atomic mass is 35.5. The molecule has 98 valence electrons. The SMILES string of the molecule is CC(c1cccc(Cl)c1)N1C2CCC1CC(N)C2. The molecule has 2 fully saturated rings. The third-order valence-electron chi connectivity index (χ3n) is 4.60. The van der Waals surface area contributed by atoms with E-state index in [1.807, 2.05) is 12.1 Å². The summed E-state index contributed by atoms with van der Waals surface area (Å²) in [6.45, 7) is 2.30. The van der Waals surface area contributed by atoms with E-state index in [4.69, 9.17) is 17.3 Å². The van der Waals surface area contributed by atoms with E-state index in [-0.39, 0.29) is 0 Å². The Morgan fingerprint density at radius 3 is 2.56 bits per heavy atom. The summed E-state index contributed by atoms with van der Waals surface area (Å²) in [5.41, 5.74) is 7.46. The normalized spacial score (nSPS) is 33.6. The van der Waals surface area contributed by atoms with Crippen molar-refractivity contribution in [3.05, 3.63) is 34.9 Å². The van der Waals surface area contributed by atoms with Crippen LogP contribution in [0, 0.1) is 0 Å². The van der Waals surface area contributed by atoms with Crippen LogP contribution in [0.5, 0.6) is 0 Å². The van der Waals surface area contributed by atoms with Crippen molar-refractivity contribution >= 4 is 11.6 Å². The Bertz CT molecular complexity index is 420. The monoisotopic (exact) mass is 264 g/mol. The minimum atomic E-state index is 0.408. The smallest absolute Gasteiger partial charge is 0.0409 e. The van der Waals surface area contributed by atoms with Gasteiger partial charge in [0.2, 0.25) is 0 Å². The summed E-state index contributed by atoms with van der Waals surface area (Å²) in [6.07, 6.45) is 4.93. The Balaban J connectivity index is 1.83. The molecule has 0 saturated carbocycles. The number of halogens is 1. The average molecular weight is 265 g/mol. The van der Waals surface area contributed by atoms with Crippen molar-refractivity contribution in [3.63, 3.8) is 0 Å². The van der Waals surface area contributed by atoms with Crippen LogP contribution in [-0.4, -0.2) is 23.0 Å². The molecule has 0 amide bonds. The van der Waals surface area contributed by atoms with E-state index in [0.29, 0.717) is 24.2 Å². The lowest BCUT2D eigenvalue weighted by Gasteiger charge is -2.41. The van der Waals surface area contributed by atoms with Crippen LogP contribution in [0.4, 0.5) is 0 Å². The summed E-state index contributed by atoms with van der Waals surface area (Å²) in [4.78, 5) is 2.68. The van der Waals surface area contributed by atoms with E-state index in [2.05, 4.69) is 24.0 Å². The summed E-state index contributed by atoms with van der Waals surface area (Å²) in [5.74, 6) is 0. The standard InChI is InChI=1S/C15H21ClN2/c1-10(11-3-2-4-12(16)7-11)18-14-5-6-15(18)9-13(17)8-14/h2-4,7,10,13-15H,5-6,8-9,17H2,1H3. The first kappa shape index (κ1) is 12.5. The Morgan fingerprint density at radius 1 is 1.28 bits per heavy atom. The highest BCUT2D eigenvalue weighted by molar-refractivity contribution is 6.30. The molecule has 2 N–H and O–H groups in total. The molecule has 2 bridgehead atoms. The molecule has 3 rings (SSSR count). The second kappa shape index (κ2) is 4.84. The van der Waals surface area contributed by atoms with Crippen LogP contribution in [0.2, 0.25) is 5.02 Å². The Hall–Kier alpha value is -0.570. The Morgan fingerprint density at radius 2 is 1.94 bits per heavy atom. The van der Waals surface area contributed by atoms with Gasteiger partial charge < -0.3 is 5.73 Å². The minimum Gasteiger partial charge on any atom is -0.328 e. The fraction of sp³-hybridized carbons (Fsp3) is 0.600. The number of hydrogen-bond donors (Lipinski definition) is 1. The van der Waals surface area contributed by atoms with E-state index in [9.17, 15) is 0 Å². The van der Waals surface area contributed by atoms with Crippen molar-refractivity contribution in [1.82, 2.24) is 4.90 Å². The van der Waals surface area contributed by atoms with Gasteiger partial charge in [0.05, 0.1) is 0 Å². The van der Waals surface area contributed by atoms with Crippen molar-refractivity contribution in [2.75, 3.05) is 0 Å². The first-order chi connectivity index (χ1) is 8.65. The van der Waals surface area contributed by atoms with E-state index in [0.717, 1.165) is 17.9 Å². The average Bonchev–Trinajstić information content (AvgIpc) is 2.61. The molecule has 2 nitrogen and oxygen atoms in total. The molecule has 2 aliphatic rings. The highest BCUT2D eigenvalue weighted by Gasteiger charge is 2.41. The second-order valence-corrected chi connectivity index (χ2v) is 6.23. The summed E-state index contributed by atoms with van der Waals surface area (Å²) in [5, 5.41) is 0.834. The molecule has 0 radical (unpaired) electrons. The van der Waals surface area contributed by atoms with E-state index >= 15 is 0 Å². The van der Waals surface area contributed by atoms with Crippen LogP contribution in [0.25, 0.3) is 0 Å². The molecule has 0 aliphatic carbocycles. The van der Waals surface area contributed by atoms with Gasteiger partial charge >= 0.3 is 0 Å². The van der Waals surface area contributed by atoms with Crippen LogP contribution < -0.4 is 5.73 Å². The van der Waals surface area contributed by atoms with Crippen LogP contribution >= 0.6 is 11.6 Å². The number of benzene rings is 1. The summed E-state index contributed by atoms with van der Waals surface area (Å²) in [7, 11) is 0. The maximum absolute atomic E-state index is 6.13. The number of rotatable bonds is 2. The van der Waals surface area contributed by atoms with Crippen molar-refractivity contribution in [3.8, 4) is 0 Å². The van der Waals surface area contributed by atoms with Gasteiger partial charge in [-0.05, 0) is 50.3 Å². The van der Waals surface area contributed by atoms with Crippen LogP contribution in [0.15, 0.2) is 24.3 Å². The second-order valence-electron chi connectivity index (χ2n) is 5.79. The van der Waals surface area contributed by atoms with Crippen molar-refractivity contribution in [2.24, 2.45) is 5.73 Å².